The fourth-order valence-corrected chi connectivity index (χ4v) is 2.10. The molecule has 0 saturated carbocycles. The Morgan fingerprint density at radius 1 is 1.47 bits per heavy atom. The Bertz CT molecular complexity index is 384. The predicted molar refractivity (Wildman–Crippen MR) is 66.6 cm³/mol. The van der Waals surface area contributed by atoms with Gasteiger partial charge in [-0.3, -0.25) is 4.79 Å². The van der Waals surface area contributed by atoms with Crippen LogP contribution in [0.2, 0.25) is 0 Å². The number of nitrogens with zero attached hydrogens (tertiary/aromatic N) is 2. The van der Waals surface area contributed by atoms with Gasteiger partial charge in [0.1, 0.15) is 5.82 Å². The molecule has 1 aromatic rings. The molecule has 5 nitrogen and oxygen atoms in total. The summed E-state index contributed by atoms with van der Waals surface area (Å²) in [6.45, 7) is 1.95. The van der Waals surface area contributed by atoms with Gasteiger partial charge in [-0.1, -0.05) is 0 Å². The summed E-state index contributed by atoms with van der Waals surface area (Å²) in [5.41, 5.74) is 6.10. The Morgan fingerprint density at radius 3 is 2.76 bits per heavy atom. The minimum absolute atomic E-state index is 0.0180. The second-order valence-electron chi connectivity index (χ2n) is 4.37. The van der Waals surface area contributed by atoms with Crippen LogP contribution in [0.1, 0.15) is 23.2 Å². The highest BCUT2D eigenvalue weighted by Gasteiger charge is 2.22. The summed E-state index contributed by atoms with van der Waals surface area (Å²) < 4.78 is 0. The van der Waals surface area contributed by atoms with E-state index in [4.69, 9.17) is 5.73 Å². The van der Waals surface area contributed by atoms with Crippen LogP contribution in [0.25, 0.3) is 0 Å². The van der Waals surface area contributed by atoms with E-state index in [0.29, 0.717) is 17.4 Å². The number of hydrogen-bond donors (Lipinski definition) is 2. The van der Waals surface area contributed by atoms with E-state index in [1.165, 1.54) is 6.20 Å². The molecule has 3 N–H and O–H groups in total. The van der Waals surface area contributed by atoms with Gasteiger partial charge in [-0.25, -0.2) is 4.98 Å². The van der Waals surface area contributed by atoms with Crippen molar-refractivity contribution in [2.24, 2.45) is 0 Å². The van der Waals surface area contributed by atoms with Crippen molar-refractivity contribution < 1.29 is 4.79 Å². The number of rotatable bonds is 2. The number of nitrogen functional groups attached to an aromatic ring is 1. The first-order chi connectivity index (χ1) is 8.18. The molecule has 5 heteroatoms. The second kappa shape index (κ2) is 5.14. The molecule has 1 aliphatic heterocycles. The molecule has 0 unspecified atom stereocenters. The molecular weight excluding hydrogens is 216 g/mol. The van der Waals surface area contributed by atoms with Crippen molar-refractivity contribution in [2.45, 2.75) is 18.9 Å². The summed E-state index contributed by atoms with van der Waals surface area (Å²) >= 11 is 0. The van der Waals surface area contributed by atoms with Crippen LogP contribution in [-0.4, -0.2) is 42.0 Å². The second-order valence-corrected chi connectivity index (χ2v) is 4.37. The summed E-state index contributed by atoms with van der Waals surface area (Å²) in [5.74, 6) is 0.454. The molecule has 0 spiro atoms. The summed E-state index contributed by atoms with van der Waals surface area (Å²) in [4.78, 5) is 17.9. The van der Waals surface area contributed by atoms with E-state index in [-0.39, 0.29) is 5.91 Å². The van der Waals surface area contributed by atoms with Gasteiger partial charge in [0.25, 0.3) is 5.91 Å². The van der Waals surface area contributed by atoms with Crippen LogP contribution in [0.3, 0.4) is 0 Å². The first-order valence-corrected chi connectivity index (χ1v) is 5.88. The summed E-state index contributed by atoms with van der Waals surface area (Å²) in [7, 11) is 1.86. The van der Waals surface area contributed by atoms with Crippen LogP contribution in [0.5, 0.6) is 0 Å². The molecule has 1 aromatic heterocycles. The topological polar surface area (TPSA) is 71.2 Å². The predicted octanol–water partition coefficient (Wildman–Crippen LogP) is 0.488. The maximum atomic E-state index is 12.2. The van der Waals surface area contributed by atoms with Gasteiger partial charge in [0.15, 0.2) is 0 Å². The van der Waals surface area contributed by atoms with E-state index in [9.17, 15) is 4.79 Å². The molecule has 17 heavy (non-hydrogen) atoms. The molecule has 0 aliphatic carbocycles. The minimum atomic E-state index is 0.0180. The highest BCUT2D eigenvalue weighted by molar-refractivity contribution is 5.94. The number of hydrogen-bond acceptors (Lipinski definition) is 4. The fourth-order valence-electron chi connectivity index (χ4n) is 2.10. The average molecular weight is 234 g/mol. The maximum absolute atomic E-state index is 12.2. The molecule has 0 bridgehead atoms. The standard InChI is InChI=1S/C12H18N4O/c1-16(10-4-6-14-7-5-10)12(17)9-2-3-11(13)15-8-9/h2-3,8,10,14H,4-7H2,1H3,(H2,13,15). The number of anilines is 1. The number of aromatic nitrogens is 1. The van der Waals surface area contributed by atoms with Crippen LogP contribution in [-0.2, 0) is 0 Å². The van der Waals surface area contributed by atoms with Crippen molar-refractivity contribution in [2.75, 3.05) is 25.9 Å². The SMILES string of the molecule is CN(C(=O)c1ccc(N)nc1)C1CCNCC1. The molecule has 0 radical (unpaired) electrons. The van der Waals surface area contributed by atoms with Crippen molar-refractivity contribution in [3.8, 4) is 0 Å². The van der Waals surface area contributed by atoms with E-state index in [1.54, 1.807) is 12.1 Å². The molecule has 1 aliphatic rings. The molecule has 92 valence electrons. The van der Waals surface area contributed by atoms with Crippen molar-refractivity contribution in [1.82, 2.24) is 15.2 Å². The molecule has 2 rings (SSSR count). The fraction of sp³-hybridized carbons (Fsp3) is 0.500. The third kappa shape index (κ3) is 2.74. The normalized spacial score (nSPS) is 16.8. The number of carbonyl (C=O) groups excluding carboxylic acids is 1. The van der Waals surface area contributed by atoms with E-state index >= 15 is 0 Å². The number of carbonyl (C=O) groups is 1. The van der Waals surface area contributed by atoms with Gasteiger partial charge >= 0.3 is 0 Å². The van der Waals surface area contributed by atoms with E-state index in [2.05, 4.69) is 10.3 Å². The van der Waals surface area contributed by atoms with Gasteiger partial charge in [-0.05, 0) is 38.1 Å². The third-order valence-electron chi connectivity index (χ3n) is 3.21. The Balaban J connectivity index is 2.05. The van der Waals surface area contributed by atoms with Gasteiger partial charge in [0.05, 0.1) is 5.56 Å². The molecule has 0 atom stereocenters. The van der Waals surface area contributed by atoms with E-state index < -0.39 is 0 Å². The van der Waals surface area contributed by atoms with Crippen molar-refractivity contribution >= 4 is 11.7 Å². The highest BCUT2D eigenvalue weighted by Crippen LogP contribution is 2.13. The summed E-state index contributed by atoms with van der Waals surface area (Å²) in [6, 6.07) is 3.70. The Kier molecular flexibility index (Phi) is 3.58. The minimum Gasteiger partial charge on any atom is -0.384 e. The van der Waals surface area contributed by atoms with Gasteiger partial charge in [-0.15, -0.1) is 0 Å². The number of nitrogens with two attached hydrogens (primary N) is 1. The number of nitrogens with one attached hydrogen (secondary N) is 1. The Hall–Kier alpha value is -1.62. The quantitative estimate of drug-likeness (QED) is 0.781. The highest BCUT2D eigenvalue weighted by atomic mass is 16.2. The first kappa shape index (κ1) is 11.9. The van der Waals surface area contributed by atoms with E-state index in [0.717, 1.165) is 25.9 Å². The molecule has 2 heterocycles. The largest absolute Gasteiger partial charge is 0.384 e. The third-order valence-corrected chi connectivity index (χ3v) is 3.21. The van der Waals surface area contributed by atoms with Gasteiger partial charge in [0.2, 0.25) is 0 Å². The Labute approximate surface area is 101 Å². The van der Waals surface area contributed by atoms with Crippen LogP contribution in [0, 0.1) is 0 Å². The number of amides is 1. The van der Waals surface area contributed by atoms with E-state index in [1.807, 2.05) is 11.9 Å². The average Bonchev–Trinajstić information content (AvgIpc) is 2.39. The lowest BCUT2D eigenvalue weighted by Gasteiger charge is -2.31. The summed E-state index contributed by atoms with van der Waals surface area (Å²) in [6.07, 6.45) is 3.55. The van der Waals surface area contributed by atoms with Crippen molar-refractivity contribution in [1.29, 1.82) is 0 Å². The van der Waals surface area contributed by atoms with Crippen LogP contribution < -0.4 is 11.1 Å². The molecule has 1 saturated heterocycles. The molecule has 0 aromatic carbocycles. The number of pyridine rings is 1. The first-order valence-electron chi connectivity index (χ1n) is 5.88. The Morgan fingerprint density at radius 2 is 2.18 bits per heavy atom. The van der Waals surface area contributed by atoms with Crippen LogP contribution in [0.15, 0.2) is 18.3 Å². The smallest absolute Gasteiger partial charge is 0.255 e. The lowest BCUT2D eigenvalue weighted by Crippen LogP contribution is -2.43. The molecule has 1 amide bonds. The van der Waals surface area contributed by atoms with Gasteiger partial charge < -0.3 is 16.0 Å². The zero-order valence-electron chi connectivity index (χ0n) is 10.0. The lowest BCUT2D eigenvalue weighted by molar-refractivity contribution is 0.0703. The zero-order chi connectivity index (χ0) is 12.3. The van der Waals surface area contributed by atoms with Crippen molar-refractivity contribution in [3.63, 3.8) is 0 Å². The number of piperidine rings is 1. The van der Waals surface area contributed by atoms with Gasteiger partial charge in [-0.2, -0.15) is 0 Å². The van der Waals surface area contributed by atoms with Gasteiger partial charge in [0, 0.05) is 19.3 Å². The lowest BCUT2D eigenvalue weighted by atomic mass is 10.0. The monoisotopic (exact) mass is 234 g/mol. The molecule has 1 fully saturated rings. The van der Waals surface area contributed by atoms with Crippen molar-refractivity contribution in [3.05, 3.63) is 23.9 Å². The van der Waals surface area contributed by atoms with Crippen LogP contribution in [0.4, 0.5) is 5.82 Å². The zero-order valence-corrected chi connectivity index (χ0v) is 10.0. The van der Waals surface area contributed by atoms with Crippen LogP contribution >= 0.6 is 0 Å². The summed E-state index contributed by atoms with van der Waals surface area (Å²) in [5, 5.41) is 3.29. The maximum Gasteiger partial charge on any atom is 0.255 e. The molecular formula is C12H18N4O.